The molecule has 0 aromatic carbocycles. The Balaban J connectivity index is 1.91. The summed E-state index contributed by atoms with van der Waals surface area (Å²) in [6.45, 7) is 3.51. The Morgan fingerprint density at radius 1 is 1.26 bits per heavy atom. The summed E-state index contributed by atoms with van der Waals surface area (Å²) >= 11 is 1.41. The summed E-state index contributed by atoms with van der Waals surface area (Å²) in [6.07, 6.45) is 9.61. The van der Waals surface area contributed by atoms with Gasteiger partial charge >= 0.3 is 0 Å². The Labute approximate surface area is 163 Å². The standard InChI is InChI=1S/C19H23N3O3S2/c1-3-27(24,25)17-9-8-15(12-20-17)16(10-14-6-4-5-7-14)18(23)22-19-21-11-13(2)26-19/h8-12,14H,3-7H2,1-2H3,(H,21,22,23)/b16-10+. The van der Waals surface area contributed by atoms with E-state index in [1.807, 2.05) is 13.0 Å². The zero-order valence-corrected chi connectivity index (χ0v) is 17.1. The molecule has 0 radical (unpaired) electrons. The van der Waals surface area contributed by atoms with E-state index in [1.165, 1.54) is 23.6 Å². The van der Waals surface area contributed by atoms with Gasteiger partial charge in [-0.25, -0.2) is 18.4 Å². The number of sulfone groups is 1. The largest absolute Gasteiger partial charge is 0.298 e. The SMILES string of the molecule is CCS(=O)(=O)c1ccc(/C(=C\C2CCCC2)C(=O)Nc2ncc(C)s2)cn1. The Morgan fingerprint density at radius 3 is 2.56 bits per heavy atom. The zero-order chi connectivity index (χ0) is 19.4. The van der Waals surface area contributed by atoms with Crippen molar-refractivity contribution in [1.29, 1.82) is 0 Å². The minimum absolute atomic E-state index is 0.00595. The van der Waals surface area contributed by atoms with Gasteiger partial charge in [-0.05, 0) is 37.8 Å². The van der Waals surface area contributed by atoms with Gasteiger partial charge in [-0.3, -0.25) is 10.1 Å². The monoisotopic (exact) mass is 405 g/mol. The number of aromatic nitrogens is 2. The number of hydrogen-bond donors (Lipinski definition) is 1. The lowest BCUT2D eigenvalue weighted by Gasteiger charge is -2.11. The number of carbonyl (C=O) groups is 1. The van der Waals surface area contributed by atoms with Crippen LogP contribution in [0.4, 0.5) is 5.13 Å². The van der Waals surface area contributed by atoms with Crippen LogP contribution < -0.4 is 5.32 Å². The van der Waals surface area contributed by atoms with Crippen molar-refractivity contribution in [2.24, 2.45) is 5.92 Å². The molecule has 1 amide bonds. The van der Waals surface area contributed by atoms with Crippen LogP contribution in [0.15, 0.2) is 35.6 Å². The number of nitrogens with one attached hydrogen (secondary N) is 1. The first-order valence-corrected chi connectivity index (χ1v) is 11.5. The third kappa shape index (κ3) is 4.81. The lowest BCUT2D eigenvalue weighted by molar-refractivity contribution is -0.111. The molecule has 2 heterocycles. The number of nitrogens with zero attached hydrogens (tertiary/aromatic N) is 2. The van der Waals surface area contributed by atoms with E-state index in [-0.39, 0.29) is 16.7 Å². The zero-order valence-electron chi connectivity index (χ0n) is 15.4. The maximum Gasteiger partial charge on any atom is 0.257 e. The van der Waals surface area contributed by atoms with E-state index in [1.54, 1.807) is 19.2 Å². The molecule has 0 spiro atoms. The summed E-state index contributed by atoms with van der Waals surface area (Å²) in [4.78, 5) is 22.2. The Bertz CT molecular complexity index is 941. The van der Waals surface area contributed by atoms with Crippen LogP contribution in [-0.2, 0) is 14.6 Å². The number of carbonyl (C=O) groups excluding carboxylic acids is 1. The molecular weight excluding hydrogens is 382 g/mol. The van der Waals surface area contributed by atoms with E-state index in [0.717, 1.165) is 30.6 Å². The van der Waals surface area contributed by atoms with Crippen LogP contribution in [0.3, 0.4) is 0 Å². The van der Waals surface area contributed by atoms with Crippen molar-refractivity contribution < 1.29 is 13.2 Å². The van der Waals surface area contributed by atoms with Gasteiger partial charge < -0.3 is 0 Å². The highest BCUT2D eigenvalue weighted by atomic mass is 32.2. The molecule has 144 valence electrons. The molecule has 0 aliphatic heterocycles. The van der Waals surface area contributed by atoms with Crippen LogP contribution in [0.5, 0.6) is 0 Å². The summed E-state index contributed by atoms with van der Waals surface area (Å²) in [6, 6.07) is 3.13. The van der Waals surface area contributed by atoms with Crippen LogP contribution in [-0.4, -0.2) is 30.0 Å². The van der Waals surface area contributed by atoms with Crippen LogP contribution >= 0.6 is 11.3 Å². The van der Waals surface area contributed by atoms with Crippen molar-refractivity contribution in [3.8, 4) is 0 Å². The maximum atomic E-state index is 12.9. The molecule has 0 bridgehead atoms. The fraction of sp³-hybridized carbons (Fsp3) is 0.421. The highest BCUT2D eigenvalue weighted by Crippen LogP contribution is 2.30. The van der Waals surface area contributed by atoms with Gasteiger partial charge in [0.2, 0.25) is 0 Å². The van der Waals surface area contributed by atoms with Gasteiger partial charge in [-0.15, -0.1) is 11.3 Å². The van der Waals surface area contributed by atoms with Crippen LogP contribution in [0.25, 0.3) is 5.57 Å². The topological polar surface area (TPSA) is 89.0 Å². The smallest absolute Gasteiger partial charge is 0.257 e. The summed E-state index contributed by atoms with van der Waals surface area (Å²) in [5.74, 6) is 0.0977. The molecule has 1 aliphatic carbocycles. The number of allylic oxidation sites excluding steroid dienone is 1. The maximum absolute atomic E-state index is 12.9. The molecule has 27 heavy (non-hydrogen) atoms. The Morgan fingerprint density at radius 2 is 2.00 bits per heavy atom. The molecule has 6 nitrogen and oxygen atoms in total. The second kappa shape index (κ2) is 8.31. The third-order valence-corrected chi connectivity index (χ3v) is 7.10. The summed E-state index contributed by atoms with van der Waals surface area (Å²) in [7, 11) is -3.37. The number of amides is 1. The Hall–Kier alpha value is -2.06. The highest BCUT2D eigenvalue weighted by molar-refractivity contribution is 7.91. The second-order valence-corrected chi connectivity index (χ2v) is 10.1. The quantitative estimate of drug-likeness (QED) is 0.737. The van der Waals surface area contributed by atoms with Crippen LogP contribution in [0.1, 0.15) is 43.0 Å². The number of thiazole rings is 1. The second-order valence-electron chi connectivity index (χ2n) is 6.64. The highest BCUT2D eigenvalue weighted by Gasteiger charge is 2.20. The minimum Gasteiger partial charge on any atom is -0.298 e. The molecule has 1 N–H and O–H groups in total. The average Bonchev–Trinajstić information content (AvgIpc) is 3.31. The molecule has 1 fully saturated rings. The van der Waals surface area contributed by atoms with E-state index >= 15 is 0 Å². The minimum atomic E-state index is -3.37. The fourth-order valence-corrected chi connectivity index (χ4v) is 4.56. The molecule has 2 aromatic rings. The average molecular weight is 406 g/mol. The molecular formula is C19H23N3O3S2. The number of hydrogen-bond acceptors (Lipinski definition) is 6. The first kappa shape index (κ1) is 19.7. The van der Waals surface area contributed by atoms with Crippen molar-refractivity contribution in [2.75, 3.05) is 11.1 Å². The lowest BCUT2D eigenvalue weighted by Crippen LogP contribution is -2.15. The molecule has 1 saturated carbocycles. The van der Waals surface area contributed by atoms with E-state index < -0.39 is 9.84 Å². The van der Waals surface area contributed by atoms with Crippen LogP contribution in [0.2, 0.25) is 0 Å². The van der Waals surface area contributed by atoms with E-state index in [0.29, 0.717) is 22.2 Å². The molecule has 0 unspecified atom stereocenters. The number of anilines is 1. The van der Waals surface area contributed by atoms with Crippen LogP contribution in [0, 0.1) is 12.8 Å². The van der Waals surface area contributed by atoms with Gasteiger partial charge in [0, 0.05) is 28.4 Å². The van der Waals surface area contributed by atoms with Gasteiger partial charge in [0.25, 0.3) is 5.91 Å². The number of rotatable bonds is 6. The van der Waals surface area contributed by atoms with E-state index in [9.17, 15) is 13.2 Å². The van der Waals surface area contributed by atoms with Crippen molar-refractivity contribution in [1.82, 2.24) is 9.97 Å². The molecule has 1 aliphatic rings. The van der Waals surface area contributed by atoms with Crippen molar-refractivity contribution in [3.63, 3.8) is 0 Å². The van der Waals surface area contributed by atoms with Gasteiger partial charge in [-0.2, -0.15) is 0 Å². The van der Waals surface area contributed by atoms with Crippen molar-refractivity contribution >= 4 is 37.8 Å². The first-order chi connectivity index (χ1) is 12.9. The fourth-order valence-electron chi connectivity index (χ4n) is 3.11. The first-order valence-electron chi connectivity index (χ1n) is 9.04. The van der Waals surface area contributed by atoms with Gasteiger partial charge in [0.1, 0.15) is 0 Å². The van der Waals surface area contributed by atoms with Gasteiger partial charge in [0.15, 0.2) is 20.0 Å². The summed E-state index contributed by atoms with van der Waals surface area (Å²) < 4.78 is 23.9. The van der Waals surface area contributed by atoms with Crippen molar-refractivity contribution in [2.45, 2.75) is 44.6 Å². The predicted molar refractivity (Wildman–Crippen MR) is 107 cm³/mol. The number of pyridine rings is 1. The van der Waals surface area contributed by atoms with Gasteiger partial charge in [-0.1, -0.05) is 25.8 Å². The van der Waals surface area contributed by atoms with Crippen molar-refractivity contribution in [3.05, 3.63) is 41.0 Å². The van der Waals surface area contributed by atoms with E-state index in [4.69, 9.17) is 0 Å². The molecule has 3 rings (SSSR count). The lowest BCUT2D eigenvalue weighted by atomic mass is 9.99. The normalized spacial score (nSPS) is 15.9. The van der Waals surface area contributed by atoms with E-state index in [2.05, 4.69) is 15.3 Å². The molecule has 8 heteroatoms. The predicted octanol–water partition coefficient (Wildman–Crippen LogP) is 3.85. The number of aryl methyl sites for hydroxylation is 1. The summed E-state index contributed by atoms with van der Waals surface area (Å²) in [5.41, 5.74) is 1.13. The summed E-state index contributed by atoms with van der Waals surface area (Å²) in [5, 5.41) is 3.43. The Kier molecular flexibility index (Phi) is 6.06. The molecule has 0 atom stereocenters. The molecule has 2 aromatic heterocycles. The van der Waals surface area contributed by atoms with Gasteiger partial charge in [0.05, 0.1) is 5.75 Å². The molecule has 0 saturated heterocycles. The third-order valence-electron chi connectivity index (χ3n) is 4.63.